The number of carboxylic acid groups (broad SMARTS) is 1. The van der Waals surface area contributed by atoms with Crippen LogP contribution in [-0.2, 0) is 4.79 Å². The van der Waals surface area contributed by atoms with E-state index in [-0.39, 0.29) is 18.3 Å². The molecule has 2 aromatic rings. The first-order valence-corrected chi connectivity index (χ1v) is 6.31. The number of methoxy groups -OCH3 is 1. The lowest BCUT2D eigenvalue weighted by Crippen LogP contribution is -2.11. The van der Waals surface area contributed by atoms with E-state index < -0.39 is 5.97 Å². The smallest absolute Gasteiger partial charge is 0.304 e. The fourth-order valence-corrected chi connectivity index (χ4v) is 2.25. The first kappa shape index (κ1) is 13.5. The molecule has 0 aliphatic carbocycles. The molecule has 2 rings (SSSR count). The summed E-state index contributed by atoms with van der Waals surface area (Å²) in [6, 6.07) is 7.56. The molecule has 102 valence electrons. The van der Waals surface area contributed by atoms with Crippen LogP contribution < -0.4 is 4.74 Å². The number of hydrogen-bond acceptors (Lipinski definition) is 3. The number of para-hydroxylation sites is 1. The summed E-state index contributed by atoms with van der Waals surface area (Å²) in [5, 5.41) is 9.94. The van der Waals surface area contributed by atoms with Gasteiger partial charge in [0.15, 0.2) is 11.3 Å². The van der Waals surface area contributed by atoms with Crippen LogP contribution in [0.3, 0.4) is 0 Å². The molecule has 0 spiro atoms. The highest BCUT2D eigenvalue weighted by atomic mass is 16.5. The van der Waals surface area contributed by atoms with E-state index in [1.54, 1.807) is 7.11 Å². The van der Waals surface area contributed by atoms with Crippen molar-refractivity contribution >= 4 is 16.9 Å². The topological polar surface area (TPSA) is 59.7 Å². The van der Waals surface area contributed by atoms with Gasteiger partial charge in [-0.2, -0.15) is 0 Å². The standard InChI is InChI=1S/C15H18O4/c1-9(2)11(8-14(16)17)13-7-10-5-4-6-12(18-3)15(10)19-13/h4-7,9,11H,8H2,1-3H3,(H,16,17). The number of rotatable bonds is 5. The van der Waals surface area contributed by atoms with Gasteiger partial charge in [0, 0.05) is 11.3 Å². The van der Waals surface area contributed by atoms with Gasteiger partial charge in [0.25, 0.3) is 0 Å². The molecule has 1 atom stereocenters. The Labute approximate surface area is 112 Å². The molecule has 4 heteroatoms. The normalized spacial score (nSPS) is 12.8. The van der Waals surface area contributed by atoms with Crippen molar-refractivity contribution in [3.63, 3.8) is 0 Å². The average Bonchev–Trinajstić information content (AvgIpc) is 2.78. The molecular weight excluding hydrogens is 244 g/mol. The van der Waals surface area contributed by atoms with Crippen molar-refractivity contribution in [1.29, 1.82) is 0 Å². The highest BCUT2D eigenvalue weighted by molar-refractivity contribution is 5.84. The highest BCUT2D eigenvalue weighted by Gasteiger charge is 2.23. The summed E-state index contributed by atoms with van der Waals surface area (Å²) in [6.07, 6.45) is 0.0693. The minimum absolute atomic E-state index is 0.0693. The maximum Gasteiger partial charge on any atom is 0.304 e. The second kappa shape index (κ2) is 5.34. The van der Waals surface area contributed by atoms with E-state index in [9.17, 15) is 4.79 Å². The molecule has 0 radical (unpaired) electrons. The molecule has 0 fully saturated rings. The minimum Gasteiger partial charge on any atom is -0.493 e. The summed E-state index contributed by atoms with van der Waals surface area (Å²) in [4.78, 5) is 11.0. The maximum atomic E-state index is 11.0. The van der Waals surface area contributed by atoms with Gasteiger partial charge in [0.2, 0.25) is 0 Å². The number of carbonyl (C=O) groups is 1. The molecule has 0 aliphatic heterocycles. The lowest BCUT2D eigenvalue weighted by atomic mass is 9.90. The molecule has 1 aromatic heterocycles. The molecule has 1 aromatic carbocycles. The van der Waals surface area contributed by atoms with Crippen molar-refractivity contribution in [2.24, 2.45) is 5.92 Å². The third-order valence-corrected chi connectivity index (χ3v) is 3.31. The fourth-order valence-electron chi connectivity index (χ4n) is 2.25. The van der Waals surface area contributed by atoms with E-state index in [0.29, 0.717) is 17.1 Å². The van der Waals surface area contributed by atoms with Crippen molar-refractivity contribution in [2.75, 3.05) is 7.11 Å². The zero-order chi connectivity index (χ0) is 14.0. The summed E-state index contributed by atoms with van der Waals surface area (Å²) in [5.41, 5.74) is 0.677. The van der Waals surface area contributed by atoms with Crippen molar-refractivity contribution in [3.05, 3.63) is 30.0 Å². The summed E-state index contributed by atoms with van der Waals surface area (Å²) >= 11 is 0. The van der Waals surface area contributed by atoms with Gasteiger partial charge in [-0.3, -0.25) is 4.79 Å². The van der Waals surface area contributed by atoms with Gasteiger partial charge in [-0.1, -0.05) is 26.0 Å². The molecule has 1 N–H and O–H groups in total. The molecular formula is C15H18O4. The van der Waals surface area contributed by atoms with Gasteiger partial charge in [0.1, 0.15) is 5.76 Å². The second-order valence-corrected chi connectivity index (χ2v) is 4.98. The largest absolute Gasteiger partial charge is 0.493 e. The zero-order valence-electron chi connectivity index (χ0n) is 11.3. The highest BCUT2D eigenvalue weighted by Crippen LogP contribution is 2.35. The van der Waals surface area contributed by atoms with Gasteiger partial charge in [-0.25, -0.2) is 0 Å². The van der Waals surface area contributed by atoms with Crippen LogP contribution in [0.5, 0.6) is 5.75 Å². The monoisotopic (exact) mass is 262 g/mol. The Balaban J connectivity index is 2.46. The van der Waals surface area contributed by atoms with Crippen LogP contribution in [0.15, 0.2) is 28.7 Å². The fraction of sp³-hybridized carbons (Fsp3) is 0.400. The number of fused-ring (bicyclic) bond motifs is 1. The van der Waals surface area contributed by atoms with Crippen LogP contribution >= 0.6 is 0 Å². The maximum absolute atomic E-state index is 11.0. The average molecular weight is 262 g/mol. The van der Waals surface area contributed by atoms with E-state index in [0.717, 1.165) is 5.39 Å². The Morgan fingerprint density at radius 2 is 2.16 bits per heavy atom. The summed E-state index contributed by atoms with van der Waals surface area (Å²) in [7, 11) is 1.59. The van der Waals surface area contributed by atoms with Crippen LogP contribution in [0, 0.1) is 5.92 Å². The molecule has 0 saturated carbocycles. The van der Waals surface area contributed by atoms with Crippen molar-refractivity contribution in [3.8, 4) is 5.75 Å². The minimum atomic E-state index is -0.814. The van der Waals surface area contributed by atoms with E-state index >= 15 is 0 Å². The third-order valence-electron chi connectivity index (χ3n) is 3.31. The number of hydrogen-bond donors (Lipinski definition) is 1. The Bertz CT molecular complexity index is 583. The predicted octanol–water partition coefficient (Wildman–Crippen LogP) is 3.66. The Morgan fingerprint density at radius 1 is 1.42 bits per heavy atom. The molecule has 0 saturated heterocycles. The van der Waals surface area contributed by atoms with Crippen LogP contribution in [0.1, 0.15) is 31.9 Å². The van der Waals surface area contributed by atoms with E-state index in [1.165, 1.54) is 0 Å². The quantitative estimate of drug-likeness (QED) is 0.893. The molecule has 0 aliphatic rings. The molecule has 1 unspecified atom stereocenters. The number of furan rings is 1. The summed E-state index contributed by atoms with van der Waals surface area (Å²) < 4.78 is 11.1. The number of ether oxygens (including phenoxy) is 1. The summed E-state index contributed by atoms with van der Waals surface area (Å²) in [5.74, 6) is 0.627. The van der Waals surface area contributed by atoms with Gasteiger partial charge in [-0.15, -0.1) is 0 Å². The van der Waals surface area contributed by atoms with E-state index in [1.807, 2.05) is 38.1 Å². The van der Waals surface area contributed by atoms with Crippen LogP contribution in [0.4, 0.5) is 0 Å². The van der Waals surface area contributed by atoms with Gasteiger partial charge < -0.3 is 14.3 Å². The number of benzene rings is 1. The second-order valence-electron chi connectivity index (χ2n) is 4.98. The lowest BCUT2D eigenvalue weighted by molar-refractivity contribution is -0.137. The van der Waals surface area contributed by atoms with Gasteiger partial charge in [0.05, 0.1) is 13.5 Å². The molecule has 0 bridgehead atoms. The van der Waals surface area contributed by atoms with Gasteiger partial charge >= 0.3 is 5.97 Å². The van der Waals surface area contributed by atoms with Crippen molar-refractivity contribution in [2.45, 2.75) is 26.2 Å². The third kappa shape index (κ3) is 2.72. The molecule has 1 heterocycles. The van der Waals surface area contributed by atoms with E-state index in [4.69, 9.17) is 14.3 Å². The van der Waals surface area contributed by atoms with Crippen LogP contribution in [0.2, 0.25) is 0 Å². The number of carboxylic acids is 1. The Kier molecular flexibility index (Phi) is 3.79. The zero-order valence-corrected chi connectivity index (χ0v) is 11.3. The molecule has 19 heavy (non-hydrogen) atoms. The van der Waals surface area contributed by atoms with E-state index in [2.05, 4.69) is 0 Å². The number of aliphatic carboxylic acids is 1. The van der Waals surface area contributed by atoms with Crippen LogP contribution in [0.25, 0.3) is 11.0 Å². The van der Waals surface area contributed by atoms with Crippen molar-refractivity contribution in [1.82, 2.24) is 0 Å². The van der Waals surface area contributed by atoms with Crippen LogP contribution in [-0.4, -0.2) is 18.2 Å². The Hall–Kier alpha value is -1.97. The summed E-state index contributed by atoms with van der Waals surface area (Å²) in [6.45, 7) is 4.00. The lowest BCUT2D eigenvalue weighted by Gasteiger charge is -2.15. The van der Waals surface area contributed by atoms with Gasteiger partial charge in [-0.05, 0) is 18.1 Å². The molecule has 4 nitrogen and oxygen atoms in total. The van der Waals surface area contributed by atoms with Crippen molar-refractivity contribution < 1.29 is 19.1 Å². The Morgan fingerprint density at radius 3 is 2.74 bits per heavy atom. The first-order valence-electron chi connectivity index (χ1n) is 6.31. The first-order chi connectivity index (χ1) is 9.02. The molecule has 0 amide bonds. The predicted molar refractivity (Wildman–Crippen MR) is 72.6 cm³/mol. The SMILES string of the molecule is COc1cccc2cc(C(CC(=O)O)C(C)C)oc12.